The summed E-state index contributed by atoms with van der Waals surface area (Å²) in [5.41, 5.74) is 0. The molecule has 0 aliphatic carbocycles. The lowest BCUT2D eigenvalue weighted by atomic mass is 10.3. The third-order valence-electron chi connectivity index (χ3n) is 1.68. The molecule has 0 aliphatic heterocycles. The van der Waals surface area contributed by atoms with Crippen LogP contribution < -0.4 is 5.32 Å². The van der Waals surface area contributed by atoms with Crippen LogP contribution in [0.5, 0.6) is 0 Å². The average Bonchev–Trinajstić information content (AvgIpc) is 2.27. The first kappa shape index (κ1) is 18.9. The Morgan fingerprint density at radius 2 is 1.80 bits per heavy atom. The van der Waals surface area contributed by atoms with Gasteiger partial charge in [-0.15, -0.1) is 0 Å². The molecule has 0 radical (unpaired) electrons. The van der Waals surface area contributed by atoms with Gasteiger partial charge in [0, 0.05) is 19.4 Å². The minimum atomic E-state index is -4.92. The van der Waals surface area contributed by atoms with E-state index in [1.54, 1.807) is 0 Å². The zero-order valence-corrected chi connectivity index (χ0v) is 11.6. The van der Waals surface area contributed by atoms with Crippen LogP contribution in [0.25, 0.3) is 0 Å². The molecule has 0 rings (SSSR count). The normalized spacial score (nSPS) is 13.7. The summed E-state index contributed by atoms with van der Waals surface area (Å²) >= 11 is 0. The molecule has 0 spiro atoms. The minimum absolute atomic E-state index is 0.0584. The van der Waals surface area contributed by atoms with Crippen molar-refractivity contribution in [2.45, 2.75) is 18.9 Å². The monoisotopic (exact) mass is 335 g/mol. The first-order valence-corrected chi connectivity index (χ1v) is 7.74. The van der Waals surface area contributed by atoms with Crippen LogP contribution in [-0.2, 0) is 38.8 Å². The molecule has 0 heterocycles. The third kappa shape index (κ3) is 11.9. The standard InChI is InChI=1S/C7H13NO10S2/c9-3-1-2-7(10)8-4-6(18-20(14,15)16)5-17-19(11,12)13/h3,6H,1-2,4-5H2,(H,8,10)(H,11,12,13)(H,14,15,16). The van der Waals surface area contributed by atoms with Crippen LogP contribution in [0, 0.1) is 0 Å². The topological polar surface area (TPSA) is 173 Å². The van der Waals surface area contributed by atoms with Gasteiger partial charge in [0.25, 0.3) is 0 Å². The second kappa shape index (κ2) is 8.23. The van der Waals surface area contributed by atoms with Gasteiger partial charge < -0.3 is 10.1 Å². The molecular formula is C7H13NO10S2. The molecule has 118 valence electrons. The lowest BCUT2D eigenvalue weighted by Gasteiger charge is -2.15. The molecule has 13 heteroatoms. The quantitative estimate of drug-likeness (QED) is 0.302. The predicted molar refractivity (Wildman–Crippen MR) is 62.2 cm³/mol. The summed E-state index contributed by atoms with van der Waals surface area (Å²) in [5, 5.41) is 2.12. The Bertz CT molecular complexity index is 524. The van der Waals surface area contributed by atoms with Gasteiger partial charge in [-0.25, -0.2) is 8.37 Å². The number of rotatable bonds is 10. The van der Waals surface area contributed by atoms with E-state index >= 15 is 0 Å². The number of amides is 1. The van der Waals surface area contributed by atoms with Crippen LogP contribution in [0.1, 0.15) is 12.8 Å². The van der Waals surface area contributed by atoms with E-state index in [-0.39, 0.29) is 12.8 Å². The van der Waals surface area contributed by atoms with Crippen LogP contribution in [0.3, 0.4) is 0 Å². The van der Waals surface area contributed by atoms with Crippen molar-refractivity contribution in [1.29, 1.82) is 0 Å². The van der Waals surface area contributed by atoms with E-state index in [0.717, 1.165) is 0 Å². The maximum absolute atomic E-state index is 11.1. The average molecular weight is 335 g/mol. The van der Waals surface area contributed by atoms with Crippen molar-refractivity contribution >= 4 is 33.0 Å². The highest BCUT2D eigenvalue weighted by Gasteiger charge is 2.21. The van der Waals surface area contributed by atoms with Gasteiger partial charge in [0.05, 0.1) is 6.61 Å². The van der Waals surface area contributed by atoms with Gasteiger partial charge in [-0.05, 0) is 0 Å². The molecule has 1 unspecified atom stereocenters. The lowest BCUT2D eigenvalue weighted by molar-refractivity contribution is -0.123. The molecule has 0 bridgehead atoms. The lowest BCUT2D eigenvalue weighted by Crippen LogP contribution is -2.38. The van der Waals surface area contributed by atoms with E-state index in [0.29, 0.717) is 6.29 Å². The Hall–Kier alpha value is -1.12. The number of nitrogens with one attached hydrogen (secondary N) is 1. The van der Waals surface area contributed by atoms with Crippen LogP contribution in [0.2, 0.25) is 0 Å². The summed E-state index contributed by atoms with van der Waals surface area (Å²) in [5.74, 6) is -0.632. The van der Waals surface area contributed by atoms with Crippen LogP contribution in [-0.4, -0.2) is 57.4 Å². The largest absolute Gasteiger partial charge is 0.397 e. The predicted octanol–water partition coefficient (Wildman–Crippen LogP) is -1.91. The molecular weight excluding hydrogens is 322 g/mol. The molecule has 0 saturated carbocycles. The molecule has 1 atom stereocenters. The molecule has 0 aromatic heterocycles. The van der Waals surface area contributed by atoms with Gasteiger partial charge in [0.1, 0.15) is 12.4 Å². The third-order valence-corrected chi connectivity index (χ3v) is 2.63. The van der Waals surface area contributed by atoms with E-state index < -0.39 is 46.0 Å². The summed E-state index contributed by atoms with van der Waals surface area (Å²) < 4.78 is 66.3. The number of carbonyl (C=O) groups excluding carboxylic acids is 2. The van der Waals surface area contributed by atoms with Crippen molar-refractivity contribution in [3.63, 3.8) is 0 Å². The maximum atomic E-state index is 11.1. The van der Waals surface area contributed by atoms with Crippen molar-refractivity contribution < 1.29 is 43.9 Å². The van der Waals surface area contributed by atoms with Crippen molar-refractivity contribution in [2.75, 3.05) is 13.2 Å². The molecule has 0 saturated heterocycles. The highest BCUT2D eigenvalue weighted by molar-refractivity contribution is 7.81. The second-order valence-electron chi connectivity index (χ2n) is 3.37. The van der Waals surface area contributed by atoms with Crippen molar-refractivity contribution in [3.8, 4) is 0 Å². The highest BCUT2D eigenvalue weighted by Crippen LogP contribution is 2.00. The fourth-order valence-electron chi connectivity index (χ4n) is 0.961. The zero-order chi connectivity index (χ0) is 15.8. The first-order valence-electron chi connectivity index (χ1n) is 5.01. The van der Waals surface area contributed by atoms with Crippen molar-refractivity contribution in [1.82, 2.24) is 5.32 Å². The van der Waals surface area contributed by atoms with Crippen LogP contribution >= 0.6 is 0 Å². The number of aldehydes is 1. The Morgan fingerprint density at radius 1 is 1.20 bits per heavy atom. The first-order chi connectivity index (χ1) is 9.03. The Kier molecular flexibility index (Phi) is 7.77. The number of hydrogen-bond donors (Lipinski definition) is 3. The molecule has 1 amide bonds. The number of hydrogen-bond acceptors (Lipinski definition) is 8. The summed E-state index contributed by atoms with van der Waals surface area (Å²) in [7, 11) is -9.76. The zero-order valence-electron chi connectivity index (χ0n) is 9.96. The molecule has 20 heavy (non-hydrogen) atoms. The maximum Gasteiger partial charge on any atom is 0.397 e. The van der Waals surface area contributed by atoms with Crippen LogP contribution in [0.15, 0.2) is 0 Å². The second-order valence-corrected chi connectivity index (χ2v) is 5.51. The fraction of sp³-hybridized carbons (Fsp3) is 0.714. The SMILES string of the molecule is O=CCCC(=O)NCC(COS(=O)(=O)O)OS(=O)(=O)O. The highest BCUT2D eigenvalue weighted by atomic mass is 32.3. The smallest absolute Gasteiger partial charge is 0.353 e. The van der Waals surface area contributed by atoms with Gasteiger partial charge in [0.2, 0.25) is 5.91 Å². The van der Waals surface area contributed by atoms with Gasteiger partial charge >= 0.3 is 20.8 Å². The molecule has 0 aromatic rings. The van der Waals surface area contributed by atoms with Gasteiger partial charge in [0.15, 0.2) is 0 Å². The Balaban J connectivity index is 4.45. The van der Waals surface area contributed by atoms with E-state index in [4.69, 9.17) is 9.11 Å². The summed E-state index contributed by atoms with van der Waals surface area (Å²) in [6, 6.07) is 0. The van der Waals surface area contributed by atoms with E-state index in [1.165, 1.54) is 0 Å². The van der Waals surface area contributed by atoms with E-state index in [1.807, 2.05) is 0 Å². The Labute approximate surface area is 115 Å². The molecule has 0 aromatic carbocycles. The minimum Gasteiger partial charge on any atom is -0.353 e. The van der Waals surface area contributed by atoms with Crippen molar-refractivity contribution in [2.24, 2.45) is 0 Å². The van der Waals surface area contributed by atoms with Gasteiger partial charge in [-0.1, -0.05) is 0 Å². The summed E-state index contributed by atoms with van der Waals surface area (Å²) in [6.07, 6.45) is -1.32. The molecule has 0 fully saturated rings. The molecule has 0 aliphatic rings. The number of carbonyl (C=O) groups is 2. The van der Waals surface area contributed by atoms with Gasteiger partial charge in [-0.2, -0.15) is 16.8 Å². The molecule has 11 nitrogen and oxygen atoms in total. The summed E-state index contributed by atoms with van der Waals surface area (Å²) in [4.78, 5) is 21.1. The van der Waals surface area contributed by atoms with Gasteiger partial charge in [-0.3, -0.25) is 13.9 Å². The Morgan fingerprint density at radius 3 is 2.25 bits per heavy atom. The van der Waals surface area contributed by atoms with Crippen molar-refractivity contribution in [3.05, 3.63) is 0 Å². The summed E-state index contributed by atoms with van der Waals surface area (Å²) in [6.45, 7) is -1.50. The van der Waals surface area contributed by atoms with E-state index in [2.05, 4.69) is 13.7 Å². The molecule has 3 N–H and O–H groups in total. The van der Waals surface area contributed by atoms with E-state index in [9.17, 15) is 26.4 Å². The fourth-order valence-corrected chi connectivity index (χ4v) is 1.75. The van der Waals surface area contributed by atoms with Crippen LogP contribution in [0.4, 0.5) is 0 Å².